The van der Waals surface area contributed by atoms with Crippen LogP contribution >= 0.6 is 0 Å². The van der Waals surface area contributed by atoms with Crippen molar-refractivity contribution in [1.29, 1.82) is 0 Å². The summed E-state index contributed by atoms with van der Waals surface area (Å²) in [5.74, 6) is 0.650. The summed E-state index contributed by atoms with van der Waals surface area (Å²) in [6.45, 7) is 0. The molecule has 3 aromatic heterocycles. The molecular weight excluding hydrogens is 753 g/mol. The number of para-hydroxylation sites is 2. The van der Waals surface area contributed by atoms with Crippen molar-refractivity contribution in [2.75, 3.05) is 0 Å². The minimum Gasteiger partial charge on any atom is -0.309 e. The molecule has 0 saturated carbocycles. The summed E-state index contributed by atoms with van der Waals surface area (Å²) in [7, 11) is 0. The monoisotopic (exact) mass is 788 g/mol. The molecule has 4 nitrogen and oxygen atoms in total. The summed E-state index contributed by atoms with van der Waals surface area (Å²) in [5.41, 5.74) is 13.2. The van der Waals surface area contributed by atoms with Crippen molar-refractivity contribution < 1.29 is 0 Å². The lowest BCUT2D eigenvalue weighted by Crippen LogP contribution is -2.03. The summed E-state index contributed by atoms with van der Waals surface area (Å²) in [5, 5.41) is 10.7. The van der Waals surface area contributed by atoms with E-state index in [0.29, 0.717) is 5.95 Å². The van der Waals surface area contributed by atoms with Gasteiger partial charge in [0, 0.05) is 38.2 Å². The Morgan fingerprint density at radius 2 is 0.855 bits per heavy atom. The van der Waals surface area contributed by atoms with Gasteiger partial charge in [-0.1, -0.05) is 164 Å². The second-order valence-electron chi connectivity index (χ2n) is 16.2. The van der Waals surface area contributed by atoms with Crippen LogP contribution < -0.4 is 0 Å². The van der Waals surface area contributed by atoms with Crippen LogP contribution in [-0.2, 0) is 0 Å². The fourth-order valence-electron chi connectivity index (χ4n) is 9.77. The van der Waals surface area contributed by atoms with E-state index in [1.165, 1.54) is 70.8 Å². The Morgan fingerprint density at radius 3 is 1.68 bits per heavy atom. The predicted molar refractivity (Wildman–Crippen MR) is 260 cm³/mol. The van der Waals surface area contributed by atoms with Crippen molar-refractivity contribution in [2.45, 2.75) is 0 Å². The second-order valence-corrected chi connectivity index (χ2v) is 16.2. The molecule has 0 bridgehead atoms. The highest BCUT2D eigenvalue weighted by Gasteiger charge is 2.20. The molecule has 0 N–H and O–H groups in total. The molecule has 0 unspecified atom stereocenters. The Kier molecular flexibility index (Phi) is 7.57. The van der Waals surface area contributed by atoms with Crippen LogP contribution in [0.5, 0.6) is 0 Å². The van der Waals surface area contributed by atoms with E-state index in [1.807, 2.05) is 0 Å². The third-order valence-corrected chi connectivity index (χ3v) is 12.7. The first-order chi connectivity index (χ1) is 30.7. The number of hydrogen-bond acceptors (Lipinski definition) is 2. The molecule has 0 spiro atoms. The van der Waals surface area contributed by atoms with Crippen LogP contribution in [-0.4, -0.2) is 19.1 Å². The van der Waals surface area contributed by atoms with Crippen LogP contribution in [0.1, 0.15) is 0 Å². The highest BCUT2D eigenvalue weighted by molar-refractivity contribution is 6.22. The smallest absolute Gasteiger partial charge is 0.235 e. The molecule has 0 fully saturated rings. The minimum absolute atomic E-state index is 0.650. The van der Waals surface area contributed by atoms with Crippen molar-refractivity contribution >= 4 is 76.1 Å². The molecule has 0 aliphatic carbocycles. The molecular formula is C58H36N4. The number of fused-ring (bicyclic) bond motifs is 10. The first kappa shape index (κ1) is 34.5. The largest absolute Gasteiger partial charge is 0.309 e. The molecule has 0 amide bonds. The van der Waals surface area contributed by atoms with Gasteiger partial charge in [0.05, 0.1) is 33.3 Å². The van der Waals surface area contributed by atoms with Gasteiger partial charge in [-0.25, -0.2) is 9.97 Å². The van der Waals surface area contributed by atoms with Crippen LogP contribution in [0, 0.1) is 0 Å². The number of rotatable bonds is 5. The van der Waals surface area contributed by atoms with Crippen LogP contribution in [0.2, 0.25) is 0 Å². The molecule has 4 heteroatoms. The van der Waals surface area contributed by atoms with Gasteiger partial charge in [-0.2, -0.15) is 0 Å². The lowest BCUT2D eigenvalue weighted by atomic mass is 9.99. The zero-order chi connectivity index (χ0) is 40.7. The molecule has 0 atom stereocenters. The van der Waals surface area contributed by atoms with Gasteiger partial charge < -0.3 is 4.57 Å². The van der Waals surface area contributed by atoms with E-state index >= 15 is 0 Å². The van der Waals surface area contributed by atoms with Crippen molar-refractivity contribution in [3.8, 4) is 45.1 Å². The van der Waals surface area contributed by atoms with E-state index in [-0.39, 0.29) is 0 Å². The third kappa shape index (κ3) is 5.33. The zero-order valence-electron chi connectivity index (χ0n) is 33.6. The topological polar surface area (TPSA) is 35.6 Å². The maximum atomic E-state index is 5.43. The molecule has 13 aromatic rings. The molecule has 0 saturated heterocycles. The van der Waals surface area contributed by atoms with E-state index in [1.54, 1.807) is 0 Å². The van der Waals surface area contributed by atoms with Gasteiger partial charge in [0.2, 0.25) is 5.95 Å². The molecule has 10 aromatic carbocycles. The maximum absolute atomic E-state index is 5.43. The summed E-state index contributed by atoms with van der Waals surface area (Å²) in [4.78, 5) is 10.7. The highest BCUT2D eigenvalue weighted by atomic mass is 15.2. The average molecular weight is 789 g/mol. The standard InChI is InChI=1S/C58H36N4/c1-2-12-37(13-3-1)39-22-24-41(25-23-39)57-48-19-8-10-20-51(48)59-58(60-57)62-54-32-29-44(36-50(54)56-46-17-7-6-15-40(46)27-33-55(56)62)43-28-31-53-49(35-43)47-18-9-11-21-52(47)61(53)45-30-26-38-14-4-5-16-42(38)34-45/h1-36H. The molecule has 288 valence electrons. The molecule has 13 rings (SSSR count). The van der Waals surface area contributed by atoms with Crippen LogP contribution in [0.3, 0.4) is 0 Å². The Bertz CT molecular complexity index is 3910. The third-order valence-electron chi connectivity index (χ3n) is 12.7. The second kappa shape index (κ2) is 13.6. The van der Waals surface area contributed by atoms with Crippen molar-refractivity contribution in [1.82, 2.24) is 19.1 Å². The fraction of sp³-hybridized carbons (Fsp3) is 0. The van der Waals surface area contributed by atoms with Gasteiger partial charge in [0.15, 0.2) is 0 Å². The Morgan fingerprint density at radius 1 is 0.290 bits per heavy atom. The van der Waals surface area contributed by atoms with E-state index in [0.717, 1.165) is 44.4 Å². The van der Waals surface area contributed by atoms with Gasteiger partial charge in [-0.05, 0) is 98.4 Å². The SMILES string of the molecule is c1ccc(-c2ccc(-c3nc(-n4c5ccc(-c6ccc7c(c6)c6ccccc6n7-c6ccc7ccccc7c6)cc5c5c6ccccc6ccc54)nc4ccccc34)cc2)cc1. The van der Waals surface area contributed by atoms with Gasteiger partial charge in [-0.3, -0.25) is 4.57 Å². The Labute approximate surface area is 357 Å². The van der Waals surface area contributed by atoms with Gasteiger partial charge >= 0.3 is 0 Å². The maximum Gasteiger partial charge on any atom is 0.235 e. The average Bonchev–Trinajstić information content (AvgIpc) is 3.86. The number of aromatic nitrogens is 4. The van der Waals surface area contributed by atoms with E-state index in [2.05, 4.69) is 228 Å². The highest BCUT2D eigenvalue weighted by Crippen LogP contribution is 2.41. The van der Waals surface area contributed by atoms with E-state index in [4.69, 9.17) is 9.97 Å². The molecule has 62 heavy (non-hydrogen) atoms. The Balaban J connectivity index is 1.01. The summed E-state index contributed by atoms with van der Waals surface area (Å²) in [6, 6.07) is 78.7. The van der Waals surface area contributed by atoms with Gasteiger partial charge in [0.25, 0.3) is 0 Å². The molecule has 3 heterocycles. The summed E-state index contributed by atoms with van der Waals surface area (Å²) in [6.07, 6.45) is 0. The molecule has 0 radical (unpaired) electrons. The first-order valence-electron chi connectivity index (χ1n) is 21.2. The Hall–Kier alpha value is -8.34. The van der Waals surface area contributed by atoms with Crippen LogP contribution in [0.4, 0.5) is 0 Å². The van der Waals surface area contributed by atoms with Crippen LogP contribution in [0.15, 0.2) is 218 Å². The van der Waals surface area contributed by atoms with E-state index in [9.17, 15) is 0 Å². The lowest BCUT2D eigenvalue weighted by molar-refractivity contribution is 1.01. The van der Waals surface area contributed by atoms with Crippen molar-refractivity contribution in [3.63, 3.8) is 0 Å². The lowest BCUT2D eigenvalue weighted by Gasteiger charge is -2.12. The normalized spacial score (nSPS) is 11.9. The van der Waals surface area contributed by atoms with Gasteiger partial charge in [-0.15, -0.1) is 0 Å². The number of hydrogen-bond donors (Lipinski definition) is 0. The van der Waals surface area contributed by atoms with Crippen LogP contribution in [0.25, 0.3) is 121 Å². The number of nitrogens with zero attached hydrogens (tertiary/aromatic N) is 4. The van der Waals surface area contributed by atoms with Gasteiger partial charge in [0.1, 0.15) is 0 Å². The molecule has 0 aliphatic heterocycles. The number of benzene rings is 10. The predicted octanol–water partition coefficient (Wildman–Crippen LogP) is 15.1. The first-order valence-corrected chi connectivity index (χ1v) is 21.2. The quantitative estimate of drug-likeness (QED) is 0.174. The zero-order valence-corrected chi connectivity index (χ0v) is 33.6. The van der Waals surface area contributed by atoms with Crippen molar-refractivity contribution in [3.05, 3.63) is 218 Å². The summed E-state index contributed by atoms with van der Waals surface area (Å²) >= 11 is 0. The van der Waals surface area contributed by atoms with Crippen molar-refractivity contribution in [2.24, 2.45) is 0 Å². The van der Waals surface area contributed by atoms with E-state index < -0.39 is 0 Å². The minimum atomic E-state index is 0.650. The fourth-order valence-corrected chi connectivity index (χ4v) is 9.77. The molecule has 0 aliphatic rings. The summed E-state index contributed by atoms with van der Waals surface area (Å²) < 4.78 is 4.66.